The zero-order valence-electron chi connectivity index (χ0n) is 14.8. The van der Waals surface area contributed by atoms with E-state index in [1.807, 2.05) is 37.2 Å². The summed E-state index contributed by atoms with van der Waals surface area (Å²) >= 11 is 1.00. The van der Waals surface area contributed by atoms with Gasteiger partial charge in [0.05, 0.1) is 17.2 Å². The van der Waals surface area contributed by atoms with Crippen molar-refractivity contribution in [3.8, 4) is 0 Å². The highest BCUT2D eigenvalue weighted by Gasteiger charge is 2.33. The van der Waals surface area contributed by atoms with E-state index in [-0.39, 0.29) is 0 Å². The molecule has 142 valence electrons. The second kappa shape index (κ2) is 8.84. The number of anilines is 1. The van der Waals surface area contributed by atoms with Crippen LogP contribution in [-0.2, 0) is 19.1 Å². The summed E-state index contributed by atoms with van der Waals surface area (Å²) in [5.74, 6) is 1.41. The lowest BCUT2D eigenvalue weighted by Crippen LogP contribution is -2.38. The Morgan fingerprint density at radius 2 is 2.00 bits per heavy atom. The fourth-order valence-corrected chi connectivity index (χ4v) is 2.86. The Labute approximate surface area is 154 Å². The summed E-state index contributed by atoms with van der Waals surface area (Å²) < 4.78 is 37.6. The van der Waals surface area contributed by atoms with Crippen LogP contribution in [0.15, 0.2) is 28.6 Å². The van der Waals surface area contributed by atoms with Crippen LogP contribution in [0.1, 0.15) is 16.4 Å². The van der Waals surface area contributed by atoms with Gasteiger partial charge in [0.25, 0.3) is 0 Å². The van der Waals surface area contributed by atoms with E-state index in [0.717, 1.165) is 28.2 Å². The molecular weight excluding hydrogens is 365 g/mol. The minimum absolute atomic E-state index is 0.385. The van der Waals surface area contributed by atoms with Gasteiger partial charge >= 0.3 is 6.18 Å². The molecule has 2 N–H and O–H groups in total. The van der Waals surface area contributed by atoms with Crippen LogP contribution in [0, 0.1) is 0 Å². The summed E-state index contributed by atoms with van der Waals surface area (Å²) in [6, 6.07) is 5.75. The van der Waals surface area contributed by atoms with E-state index in [9.17, 15) is 13.2 Å². The summed E-state index contributed by atoms with van der Waals surface area (Å²) in [6.45, 7) is 0.909. The van der Waals surface area contributed by atoms with E-state index in [1.54, 1.807) is 7.05 Å². The van der Waals surface area contributed by atoms with Crippen molar-refractivity contribution in [2.24, 2.45) is 4.99 Å². The fraction of sp³-hybridized carbons (Fsp3) is 0.438. The van der Waals surface area contributed by atoms with Crippen LogP contribution in [0.3, 0.4) is 0 Å². The Kier molecular flexibility index (Phi) is 6.78. The van der Waals surface area contributed by atoms with E-state index in [4.69, 9.17) is 0 Å². The van der Waals surface area contributed by atoms with E-state index in [1.165, 1.54) is 0 Å². The maximum atomic E-state index is 12.5. The molecule has 2 heterocycles. The SMILES string of the molecule is CN=C(NCCc1nc(C(F)(F)F)cs1)NCc1cccc(N(C)C)n1. The minimum atomic E-state index is -4.39. The second-order valence-corrected chi connectivity index (χ2v) is 6.55. The number of halogens is 3. The van der Waals surface area contributed by atoms with Crippen molar-refractivity contribution in [3.05, 3.63) is 40.0 Å². The number of pyridine rings is 1. The molecule has 0 unspecified atom stereocenters. The van der Waals surface area contributed by atoms with Gasteiger partial charge in [0.15, 0.2) is 11.7 Å². The van der Waals surface area contributed by atoms with E-state index in [2.05, 4.69) is 25.6 Å². The summed E-state index contributed by atoms with van der Waals surface area (Å²) in [5, 5.41) is 7.65. The van der Waals surface area contributed by atoms with Gasteiger partial charge in [0.1, 0.15) is 5.82 Å². The predicted molar refractivity (Wildman–Crippen MR) is 97.6 cm³/mol. The van der Waals surface area contributed by atoms with Crippen LogP contribution in [0.2, 0.25) is 0 Å². The van der Waals surface area contributed by atoms with Gasteiger partial charge in [-0.1, -0.05) is 6.07 Å². The average Bonchev–Trinajstić information content (AvgIpc) is 3.07. The summed E-state index contributed by atoms with van der Waals surface area (Å²) in [6.07, 6.45) is -4.01. The molecule has 0 saturated carbocycles. The van der Waals surface area contributed by atoms with E-state index in [0.29, 0.717) is 30.5 Å². The molecular formula is C16H21F3N6S. The average molecular weight is 386 g/mol. The number of guanidine groups is 1. The lowest BCUT2D eigenvalue weighted by Gasteiger charge is -2.14. The maximum absolute atomic E-state index is 12.5. The highest BCUT2D eigenvalue weighted by Crippen LogP contribution is 2.29. The number of thiazole rings is 1. The molecule has 0 bridgehead atoms. The molecule has 0 saturated heterocycles. The predicted octanol–water partition coefficient (Wildman–Crippen LogP) is 2.53. The van der Waals surface area contributed by atoms with Crippen molar-refractivity contribution in [1.82, 2.24) is 20.6 Å². The minimum Gasteiger partial charge on any atom is -0.363 e. The molecule has 0 aliphatic heterocycles. The summed E-state index contributed by atoms with van der Waals surface area (Å²) in [5.41, 5.74) is 0.0146. The number of hydrogen-bond donors (Lipinski definition) is 2. The third-order valence-electron chi connectivity index (χ3n) is 3.38. The van der Waals surface area contributed by atoms with Crippen LogP contribution >= 0.6 is 11.3 Å². The molecule has 2 rings (SSSR count). The van der Waals surface area contributed by atoms with Gasteiger partial charge in [-0.05, 0) is 12.1 Å². The summed E-state index contributed by atoms with van der Waals surface area (Å²) in [7, 11) is 5.47. The fourth-order valence-electron chi connectivity index (χ4n) is 2.05. The van der Waals surface area contributed by atoms with Crippen LogP contribution in [-0.4, -0.2) is 43.6 Å². The van der Waals surface area contributed by atoms with Crippen LogP contribution in [0.25, 0.3) is 0 Å². The molecule has 0 amide bonds. The first-order valence-electron chi connectivity index (χ1n) is 7.89. The quantitative estimate of drug-likeness (QED) is 0.590. The molecule has 0 fully saturated rings. The van der Waals surface area contributed by atoms with Crippen molar-refractivity contribution in [2.75, 3.05) is 32.6 Å². The molecule has 2 aromatic heterocycles. The molecule has 0 spiro atoms. The van der Waals surface area contributed by atoms with E-state index < -0.39 is 11.9 Å². The maximum Gasteiger partial charge on any atom is 0.434 e. The lowest BCUT2D eigenvalue weighted by atomic mass is 10.3. The van der Waals surface area contributed by atoms with Crippen LogP contribution in [0.4, 0.5) is 19.0 Å². The second-order valence-electron chi connectivity index (χ2n) is 5.61. The molecule has 0 aromatic carbocycles. The number of aromatic nitrogens is 2. The first-order valence-corrected chi connectivity index (χ1v) is 8.77. The molecule has 0 aliphatic rings. The monoisotopic (exact) mass is 386 g/mol. The Morgan fingerprint density at radius 3 is 2.62 bits per heavy atom. The summed E-state index contributed by atoms with van der Waals surface area (Å²) in [4.78, 5) is 14.1. The molecule has 0 radical (unpaired) electrons. The van der Waals surface area contributed by atoms with E-state index >= 15 is 0 Å². The number of aliphatic imine (C=N–C) groups is 1. The Balaban J connectivity index is 1.81. The molecule has 0 aliphatic carbocycles. The third kappa shape index (κ3) is 5.87. The van der Waals surface area contributed by atoms with Crippen molar-refractivity contribution in [1.29, 1.82) is 0 Å². The Bertz CT molecular complexity index is 742. The van der Waals surface area contributed by atoms with Gasteiger partial charge in [-0.2, -0.15) is 13.2 Å². The topological polar surface area (TPSA) is 65.4 Å². The first kappa shape index (κ1) is 20.0. The number of alkyl halides is 3. The van der Waals surface area contributed by atoms with Gasteiger partial charge in [-0.25, -0.2) is 9.97 Å². The van der Waals surface area contributed by atoms with Crippen molar-refractivity contribution >= 4 is 23.1 Å². The van der Waals surface area contributed by atoms with Gasteiger partial charge < -0.3 is 15.5 Å². The normalized spacial score (nSPS) is 12.2. The van der Waals surface area contributed by atoms with Gasteiger partial charge in [-0.15, -0.1) is 11.3 Å². The lowest BCUT2D eigenvalue weighted by molar-refractivity contribution is -0.140. The van der Waals surface area contributed by atoms with Gasteiger partial charge in [0.2, 0.25) is 0 Å². The molecule has 2 aromatic rings. The molecule has 10 heteroatoms. The number of hydrogen-bond acceptors (Lipinski definition) is 5. The number of rotatable bonds is 6. The molecule has 0 atom stereocenters. The number of nitrogens with one attached hydrogen (secondary N) is 2. The number of nitrogens with zero attached hydrogens (tertiary/aromatic N) is 4. The highest BCUT2D eigenvalue weighted by molar-refractivity contribution is 7.09. The van der Waals surface area contributed by atoms with Gasteiger partial charge in [-0.3, -0.25) is 4.99 Å². The van der Waals surface area contributed by atoms with Crippen LogP contribution < -0.4 is 15.5 Å². The van der Waals surface area contributed by atoms with Crippen LogP contribution in [0.5, 0.6) is 0 Å². The molecule has 26 heavy (non-hydrogen) atoms. The standard InChI is InChI=1S/C16H21F3N6S/c1-20-15(22-9-11-5-4-6-13(23-11)25(2)3)21-8-7-14-24-12(10-26-14)16(17,18)19/h4-6,10H,7-9H2,1-3H3,(H2,20,21,22). The Morgan fingerprint density at radius 1 is 1.23 bits per heavy atom. The third-order valence-corrected chi connectivity index (χ3v) is 4.29. The van der Waals surface area contributed by atoms with Crippen molar-refractivity contribution in [2.45, 2.75) is 19.1 Å². The largest absolute Gasteiger partial charge is 0.434 e. The zero-order valence-corrected chi connectivity index (χ0v) is 15.6. The molecule has 6 nitrogen and oxygen atoms in total. The first-order chi connectivity index (χ1) is 12.3. The highest BCUT2D eigenvalue weighted by atomic mass is 32.1. The Hall–Kier alpha value is -2.36. The van der Waals surface area contributed by atoms with Gasteiger partial charge in [0, 0.05) is 39.5 Å². The van der Waals surface area contributed by atoms with Crippen molar-refractivity contribution in [3.63, 3.8) is 0 Å². The zero-order chi connectivity index (χ0) is 19.2. The smallest absolute Gasteiger partial charge is 0.363 e. The van der Waals surface area contributed by atoms with Crippen molar-refractivity contribution < 1.29 is 13.2 Å².